The molecule has 0 atom stereocenters. The average Bonchev–Trinajstić information content (AvgIpc) is 2.82. The molecule has 3 aliphatic rings. The Hall–Kier alpha value is -1.08. The van der Waals surface area contributed by atoms with E-state index < -0.39 is 23.9 Å². The maximum atomic E-state index is 15.1. The van der Waals surface area contributed by atoms with Crippen molar-refractivity contribution in [2.45, 2.75) is 104 Å². The van der Waals surface area contributed by atoms with Crippen LogP contribution in [0.2, 0.25) is 0 Å². The van der Waals surface area contributed by atoms with Gasteiger partial charge in [0.05, 0.1) is 11.2 Å². The second-order valence-electron chi connectivity index (χ2n) is 11.0. The van der Waals surface area contributed by atoms with Crippen LogP contribution in [0.25, 0.3) is 0 Å². The smallest absolute Gasteiger partial charge is 0.444 e. The topological polar surface area (TPSA) is 48.0 Å². The minimum absolute atomic E-state index is 0.207. The van der Waals surface area contributed by atoms with Crippen LogP contribution in [-0.4, -0.2) is 48.0 Å². The number of carbonyl (C=O) groups is 1. The lowest BCUT2D eigenvalue weighted by molar-refractivity contribution is 0.00578. The highest BCUT2D eigenvalue weighted by molar-refractivity contribution is 6.53. The van der Waals surface area contributed by atoms with Crippen molar-refractivity contribution in [1.29, 1.82) is 0 Å². The highest BCUT2D eigenvalue weighted by atomic mass is 19.1. The van der Waals surface area contributed by atoms with Crippen molar-refractivity contribution < 1.29 is 23.2 Å². The molecule has 164 valence electrons. The SMILES string of the molecule is CC(C)(C)OC(=O)N1CCC2(CCC(=C(F)B3OC(C)(C)C(C)(C)O3)CC2)CC1. The first-order valence-electron chi connectivity index (χ1n) is 10.9. The summed E-state index contributed by atoms with van der Waals surface area (Å²) in [7, 11) is -0.891. The summed E-state index contributed by atoms with van der Waals surface area (Å²) in [6.45, 7) is 14.9. The molecule has 1 spiro atoms. The molecule has 0 unspecified atom stereocenters. The minimum atomic E-state index is -0.891. The van der Waals surface area contributed by atoms with Gasteiger partial charge in [0.15, 0.2) is 0 Å². The van der Waals surface area contributed by atoms with Crippen LogP contribution in [0.1, 0.15) is 87.0 Å². The molecular formula is C22H37BFNO4. The maximum Gasteiger partial charge on any atom is 0.525 e. The van der Waals surface area contributed by atoms with Gasteiger partial charge in [-0.2, -0.15) is 0 Å². The fourth-order valence-electron chi connectivity index (χ4n) is 4.42. The number of hydrogen-bond donors (Lipinski definition) is 0. The molecule has 1 aliphatic carbocycles. The van der Waals surface area contributed by atoms with E-state index in [2.05, 4.69) is 0 Å². The van der Waals surface area contributed by atoms with Crippen molar-refractivity contribution in [2.24, 2.45) is 5.41 Å². The fourth-order valence-corrected chi connectivity index (χ4v) is 4.42. The number of amides is 1. The van der Waals surface area contributed by atoms with Crippen LogP contribution < -0.4 is 0 Å². The quantitative estimate of drug-likeness (QED) is 0.542. The number of allylic oxidation sites excluding steroid dienone is 1. The fraction of sp³-hybridized carbons (Fsp3) is 0.864. The van der Waals surface area contributed by atoms with Gasteiger partial charge in [-0.15, -0.1) is 0 Å². The van der Waals surface area contributed by atoms with Crippen LogP contribution in [0.3, 0.4) is 0 Å². The zero-order chi connectivity index (χ0) is 21.7. The Labute approximate surface area is 175 Å². The van der Waals surface area contributed by atoms with Crippen molar-refractivity contribution in [1.82, 2.24) is 4.90 Å². The Morgan fingerprint density at radius 3 is 1.93 bits per heavy atom. The lowest BCUT2D eigenvalue weighted by atomic mass is 9.65. The molecule has 1 amide bonds. The Bertz CT molecular complexity index is 647. The van der Waals surface area contributed by atoms with E-state index in [4.69, 9.17) is 14.0 Å². The minimum Gasteiger partial charge on any atom is -0.444 e. The summed E-state index contributed by atoms with van der Waals surface area (Å²) in [6, 6.07) is 0. The van der Waals surface area contributed by atoms with Crippen LogP contribution >= 0.6 is 0 Å². The number of hydrogen-bond acceptors (Lipinski definition) is 4. The standard InChI is InChI=1S/C22H37BFNO4/c1-19(2,3)27-18(26)25-14-12-22(13-15-25)10-8-16(9-11-22)17(24)23-28-20(4,5)21(6,7)29-23/h8-15H2,1-7H3. The number of ether oxygens (including phenoxy) is 1. The largest absolute Gasteiger partial charge is 0.525 e. The summed E-state index contributed by atoms with van der Waals surface area (Å²) in [5, 5.41) is 0. The van der Waals surface area contributed by atoms with E-state index in [9.17, 15) is 4.79 Å². The molecule has 0 bridgehead atoms. The third kappa shape index (κ3) is 4.82. The van der Waals surface area contributed by atoms with E-state index in [1.54, 1.807) is 0 Å². The summed E-state index contributed by atoms with van der Waals surface area (Å²) in [5.74, 6) is 0. The first-order valence-corrected chi connectivity index (χ1v) is 10.9. The molecule has 0 N–H and O–H groups in total. The van der Waals surface area contributed by atoms with Crippen molar-refractivity contribution in [3.05, 3.63) is 11.3 Å². The second-order valence-corrected chi connectivity index (χ2v) is 11.0. The molecule has 7 heteroatoms. The van der Waals surface area contributed by atoms with Crippen molar-refractivity contribution in [3.63, 3.8) is 0 Å². The summed E-state index contributed by atoms with van der Waals surface area (Å²) in [4.78, 5) is 14.1. The molecule has 2 heterocycles. The molecule has 0 aromatic heterocycles. The number of halogens is 1. The van der Waals surface area contributed by atoms with Gasteiger partial charge in [-0.1, -0.05) is 0 Å². The number of piperidine rings is 1. The van der Waals surface area contributed by atoms with Gasteiger partial charge in [0.1, 0.15) is 11.3 Å². The van der Waals surface area contributed by atoms with Crippen molar-refractivity contribution in [3.8, 4) is 0 Å². The molecule has 5 nitrogen and oxygen atoms in total. The number of likely N-dealkylation sites (tertiary alicyclic amines) is 1. The first-order chi connectivity index (χ1) is 13.2. The highest BCUT2D eigenvalue weighted by Crippen LogP contribution is 2.48. The normalized spacial score (nSPS) is 26.0. The van der Waals surface area contributed by atoms with Gasteiger partial charge >= 0.3 is 13.2 Å². The van der Waals surface area contributed by atoms with Crippen LogP contribution in [0.5, 0.6) is 0 Å². The molecular weight excluding hydrogens is 372 g/mol. The molecule has 29 heavy (non-hydrogen) atoms. The van der Waals surface area contributed by atoms with E-state index in [1.165, 1.54) is 0 Å². The summed E-state index contributed by atoms with van der Waals surface area (Å²) in [6.07, 6.45) is 5.07. The van der Waals surface area contributed by atoms with Crippen LogP contribution in [-0.2, 0) is 14.0 Å². The summed E-state index contributed by atoms with van der Waals surface area (Å²) in [5.41, 5.74) is -0.715. The average molecular weight is 409 g/mol. The Morgan fingerprint density at radius 2 is 1.48 bits per heavy atom. The van der Waals surface area contributed by atoms with Gasteiger partial charge in [0.25, 0.3) is 0 Å². The second kappa shape index (κ2) is 7.56. The van der Waals surface area contributed by atoms with Gasteiger partial charge < -0.3 is 18.9 Å². The highest BCUT2D eigenvalue weighted by Gasteiger charge is 2.54. The Balaban J connectivity index is 1.56. The van der Waals surface area contributed by atoms with Gasteiger partial charge in [0, 0.05) is 13.1 Å². The van der Waals surface area contributed by atoms with Crippen molar-refractivity contribution in [2.75, 3.05) is 13.1 Å². The predicted molar refractivity (Wildman–Crippen MR) is 112 cm³/mol. The maximum absolute atomic E-state index is 15.1. The zero-order valence-electron chi connectivity index (χ0n) is 19.2. The summed E-state index contributed by atoms with van der Waals surface area (Å²) < 4.78 is 32.4. The summed E-state index contributed by atoms with van der Waals surface area (Å²) >= 11 is 0. The van der Waals surface area contributed by atoms with E-state index in [-0.39, 0.29) is 17.2 Å². The monoisotopic (exact) mass is 409 g/mol. The van der Waals surface area contributed by atoms with E-state index in [1.807, 2.05) is 53.4 Å². The molecule has 0 radical (unpaired) electrons. The third-order valence-electron chi connectivity index (χ3n) is 7.19. The van der Waals surface area contributed by atoms with E-state index >= 15 is 4.39 Å². The van der Waals surface area contributed by atoms with Gasteiger partial charge in [-0.25, -0.2) is 9.18 Å². The van der Waals surface area contributed by atoms with Gasteiger partial charge in [0.2, 0.25) is 0 Å². The zero-order valence-corrected chi connectivity index (χ0v) is 19.2. The lowest BCUT2D eigenvalue weighted by Crippen LogP contribution is -2.46. The van der Waals surface area contributed by atoms with Gasteiger partial charge in [-0.3, -0.25) is 0 Å². The van der Waals surface area contributed by atoms with Crippen LogP contribution in [0.15, 0.2) is 11.3 Å². The molecule has 3 fully saturated rings. The molecule has 2 aliphatic heterocycles. The Morgan fingerprint density at radius 1 is 1.00 bits per heavy atom. The predicted octanol–water partition coefficient (Wildman–Crippen LogP) is 5.43. The van der Waals surface area contributed by atoms with Gasteiger partial charge in [-0.05, 0) is 98.0 Å². The Kier molecular flexibility index (Phi) is 5.89. The number of rotatable bonds is 1. The molecule has 2 saturated heterocycles. The molecule has 0 aromatic rings. The van der Waals surface area contributed by atoms with Crippen molar-refractivity contribution >= 4 is 13.2 Å². The molecule has 1 saturated carbocycles. The van der Waals surface area contributed by atoms with Crippen LogP contribution in [0, 0.1) is 5.41 Å². The van der Waals surface area contributed by atoms with E-state index in [0.717, 1.165) is 44.1 Å². The number of carbonyl (C=O) groups excluding carboxylic acids is 1. The van der Waals surface area contributed by atoms with E-state index in [0.29, 0.717) is 13.1 Å². The molecule has 3 rings (SSSR count). The lowest BCUT2D eigenvalue weighted by Gasteiger charge is -2.44. The first kappa shape index (κ1) is 22.6. The number of nitrogens with zero attached hydrogens (tertiary/aromatic N) is 1. The third-order valence-corrected chi connectivity index (χ3v) is 7.19. The molecule has 0 aromatic carbocycles. The van der Waals surface area contributed by atoms with Crippen LogP contribution in [0.4, 0.5) is 9.18 Å².